The summed E-state index contributed by atoms with van der Waals surface area (Å²) >= 11 is 6.45. The SMILES string of the molecule is O=C(NCC(c1ccccc1Cl)N1CCCC1)C1CCN(C(=O)c2ccc(F)cc2F)CC1. The molecule has 0 aliphatic carbocycles. The van der Waals surface area contributed by atoms with Gasteiger partial charge in [-0.15, -0.1) is 0 Å². The lowest BCUT2D eigenvalue weighted by molar-refractivity contribution is -0.126. The molecule has 0 saturated carbocycles. The molecule has 2 fully saturated rings. The summed E-state index contributed by atoms with van der Waals surface area (Å²) in [4.78, 5) is 29.4. The highest BCUT2D eigenvalue weighted by atomic mass is 35.5. The first-order valence-corrected chi connectivity index (χ1v) is 11.8. The van der Waals surface area contributed by atoms with Crippen LogP contribution < -0.4 is 5.32 Å². The Labute approximate surface area is 197 Å². The molecule has 4 rings (SSSR count). The maximum Gasteiger partial charge on any atom is 0.256 e. The van der Waals surface area contributed by atoms with Crippen molar-refractivity contribution in [3.8, 4) is 0 Å². The second-order valence-electron chi connectivity index (χ2n) is 8.72. The van der Waals surface area contributed by atoms with Gasteiger partial charge in [-0.25, -0.2) is 8.78 Å². The molecular weight excluding hydrogens is 448 g/mol. The summed E-state index contributed by atoms with van der Waals surface area (Å²) < 4.78 is 27.1. The number of nitrogens with zero attached hydrogens (tertiary/aromatic N) is 2. The van der Waals surface area contributed by atoms with Crippen LogP contribution in [0.25, 0.3) is 0 Å². The van der Waals surface area contributed by atoms with Gasteiger partial charge in [-0.1, -0.05) is 29.8 Å². The number of hydrogen-bond acceptors (Lipinski definition) is 3. The molecule has 2 saturated heterocycles. The molecule has 2 amide bonds. The number of hydrogen-bond donors (Lipinski definition) is 1. The molecule has 2 aliphatic rings. The van der Waals surface area contributed by atoms with Crippen molar-refractivity contribution in [2.24, 2.45) is 5.92 Å². The molecule has 0 aromatic heterocycles. The van der Waals surface area contributed by atoms with Gasteiger partial charge in [0.15, 0.2) is 0 Å². The van der Waals surface area contributed by atoms with Crippen molar-refractivity contribution in [1.82, 2.24) is 15.1 Å². The van der Waals surface area contributed by atoms with Crippen LogP contribution in [0.3, 0.4) is 0 Å². The summed E-state index contributed by atoms with van der Waals surface area (Å²) in [5, 5.41) is 3.80. The zero-order valence-corrected chi connectivity index (χ0v) is 19.2. The van der Waals surface area contributed by atoms with Gasteiger partial charge in [-0.05, 0) is 62.5 Å². The Morgan fingerprint density at radius 3 is 2.39 bits per heavy atom. The molecule has 8 heteroatoms. The predicted molar refractivity (Wildman–Crippen MR) is 123 cm³/mol. The smallest absolute Gasteiger partial charge is 0.256 e. The van der Waals surface area contributed by atoms with Crippen LogP contribution in [-0.2, 0) is 4.79 Å². The number of piperidine rings is 1. The van der Waals surface area contributed by atoms with Crippen LogP contribution in [0.5, 0.6) is 0 Å². The average Bonchev–Trinajstić information content (AvgIpc) is 3.34. The maximum absolute atomic E-state index is 14.0. The molecule has 33 heavy (non-hydrogen) atoms. The van der Waals surface area contributed by atoms with Gasteiger partial charge < -0.3 is 10.2 Å². The van der Waals surface area contributed by atoms with E-state index in [1.165, 1.54) is 11.0 Å². The first-order chi connectivity index (χ1) is 15.9. The molecule has 2 aromatic carbocycles. The third kappa shape index (κ3) is 5.53. The predicted octanol–water partition coefficient (Wildman–Crippen LogP) is 4.42. The summed E-state index contributed by atoms with van der Waals surface area (Å²) in [6.07, 6.45) is 3.27. The summed E-state index contributed by atoms with van der Waals surface area (Å²) in [6.45, 7) is 3.14. The van der Waals surface area contributed by atoms with Gasteiger partial charge in [-0.3, -0.25) is 14.5 Å². The standard InChI is InChI=1S/C25H28ClF2N3O2/c26-21-6-2-1-5-19(21)23(30-11-3-4-12-30)16-29-24(32)17-9-13-31(14-10-17)25(33)20-8-7-18(27)15-22(20)28/h1-2,5-8,15,17,23H,3-4,9-14,16H2,(H,29,32). The maximum atomic E-state index is 14.0. The van der Waals surface area contributed by atoms with Crippen molar-refractivity contribution in [3.05, 3.63) is 70.2 Å². The minimum absolute atomic E-state index is 0.0215. The van der Waals surface area contributed by atoms with E-state index in [-0.39, 0.29) is 23.4 Å². The molecule has 5 nitrogen and oxygen atoms in total. The van der Waals surface area contributed by atoms with Crippen molar-refractivity contribution < 1.29 is 18.4 Å². The van der Waals surface area contributed by atoms with Gasteiger partial charge in [0.1, 0.15) is 11.6 Å². The minimum Gasteiger partial charge on any atom is -0.354 e. The highest BCUT2D eigenvalue weighted by Gasteiger charge is 2.30. The molecule has 1 N–H and O–H groups in total. The van der Waals surface area contributed by atoms with Crippen LogP contribution in [0, 0.1) is 17.6 Å². The van der Waals surface area contributed by atoms with E-state index in [9.17, 15) is 18.4 Å². The number of benzene rings is 2. The quantitative estimate of drug-likeness (QED) is 0.672. The molecule has 176 valence electrons. The lowest BCUT2D eigenvalue weighted by Gasteiger charge is -2.33. The zero-order chi connectivity index (χ0) is 23.4. The van der Waals surface area contributed by atoms with E-state index in [1.54, 1.807) is 0 Å². The van der Waals surface area contributed by atoms with E-state index < -0.39 is 17.5 Å². The Hall–Kier alpha value is -2.51. The van der Waals surface area contributed by atoms with E-state index in [2.05, 4.69) is 10.2 Å². The van der Waals surface area contributed by atoms with Gasteiger partial charge in [0.05, 0.1) is 11.6 Å². The molecule has 2 heterocycles. The Balaban J connectivity index is 1.33. The van der Waals surface area contributed by atoms with Gasteiger partial charge in [0, 0.05) is 36.6 Å². The average molecular weight is 476 g/mol. The van der Waals surface area contributed by atoms with Crippen LogP contribution in [-0.4, -0.2) is 54.3 Å². The number of carbonyl (C=O) groups is 2. The van der Waals surface area contributed by atoms with Crippen molar-refractivity contribution >= 4 is 23.4 Å². The topological polar surface area (TPSA) is 52.7 Å². The van der Waals surface area contributed by atoms with E-state index in [0.717, 1.165) is 37.6 Å². The van der Waals surface area contributed by atoms with Gasteiger partial charge in [0.2, 0.25) is 5.91 Å². The summed E-state index contributed by atoms with van der Waals surface area (Å²) in [5.74, 6) is -2.31. The van der Waals surface area contributed by atoms with E-state index in [4.69, 9.17) is 11.6 Å². The molecule has 1 unspecified atom stereocenters. The summed E-state index contributed by atoms with van der Waals surface area (Å²) in [7, 11) is 0. The first kappa shape index (κ1) is 23.6. The lowest BCUT2D eigenvalue weighted by atomic mass is 9.95. The van der Waals surface area contributed by atoms with E-state index in [0.29, 0.717) is 43.6 Å². The number of halogens is 3. The van der Waals surface area contributed by atoms with Crippen LogP contribution in [0.2, 0.25) is 5.02 Å². The monoisotopic (exact) mass is 475 g/mol. The highest BCUT2D eigenvalue weighted by molar-refractivity contribution is 6.31. The van der Waals surface area contributed by atoms with Gasteiger partial charge in [-0.2, -0.15) is 0 Å². The molecule has 0 bridgehead atoms. The largest absolute Gasteiger partial charge is 0.354 e. The van der Waals surface area contributed by atoms with E-state index >= 15 is 0 Å². The molecule has 1 atom stereocenters. The van der Waals surface area contributed by atoms with Crippen LogP contribution in [0.4, 0.5) is 8.78 Å². The molecule has 2 aliphatic heterocycles. The molecular formula is C25H28ClF2N3O2. The molecule has 2 aromatic rings. The Morgan fingerprint density at radius 2 is 1.73 bits per heavy atom. The second kappa shape index (κ2) is 10.6. The Morgan fingerprint density at radius 1 is 1.03 bits per heavy atom. The fourth-order valence-electron chi connectivity index (χ4n) is 4.75. The van der Waals surface area contributed by atoms with Gasteiger partial charge in [0.25, 0.3) is 5.91 Å². The Bertz CT molecular complexity index is 1000. The van der Waals surface area contributed by atoms with E-state index in [1.807, 2.05) is 24.3 Å². The van der Waals surface area contributed by atoms with Crippen molar-refractivity contribution in [3.63, 3.8) is 0 Å². The third-order valence-electron chi connectivity index (χ3n) is 6.63. The second-order valence-corrected chi connectivity index (χ2v) is 9.12. The van der Waals surface area contributed by atoms with Crippen LogP contribution in [0.1, 0.15) is 47.6 Å². The number of amides is 2. The fourth-order valence-corrected chi connectivity index (χ4v) is 5.02. The van der Waals surface area contributed by atoms with Crippen molar-refractivity contribution in [2.75, 3.05) is 32.7 Å². The van der Waals surface area contributed by atoms with Crippen LogP contribution >= 0.6 is 11.6 Å². The number of likely N-dealkylation sites (tertiary alicyclic amines) is 2. The molecule has 0 spiro atoms. The van der Waals surface area contributed by atoms with Crippen molar-refractivity contribution in [1.29, 1.82) is 0 Å². The van der Waals surface area contributed by atoms with Gasteiger partial charge >= 0.3 is 0 Å². The highest BCUT2D eigenvalue weighted by Crippen LogP contribution is 2.30. The third-order valence-corrected chi connectivity index (χ3v) is 6.97. The zero-order valence-electron chi connectivity index (χ0n) is 18.4. The first-order valence-electron chi connectivity index (χ1n) is 11.4. The summed E-state index contributed by atoms with van der Waals surface area (Å²) in [5.41, 5.74) is 0.871. The lowest BCUT2D eigenvalue weighted by Crippen LogP contribution is -2.45. The number of nitrogens with one attached hydrogen (secondary N) is 1. The van der Waals surface area contributed by atoms with Crippen LogP contribution in [0.15, 0.2) is 42.5 Å². The number of rotatable bonds is 6. The Kier molecular flexibility index (Phi) is 7.60. The summed E-state index contributed by atoms with van der Waals surface area (Å²) in [6, 6.07) is 10.7. The molecule has 0 radical (unpaired) electrons. The minimum atomic E-state index is -0.868. The number of carbonyl (C=O) groups excluding carboxylic acids is 2. The fraction of sp³-hybridized carbons (Fsp3) is 0.440. The normalized spacial score (nSPS) is 18.3. The van der Waals surface area contributed by atoms with Crippen molar-refractivity contribution in [2.45, 2.75) is 31.7 Å².